The molecule has 126 valence electrons. The number of esters is 1. The second-order valence-electron chi connectivity index (χ2n) is 5.36. The highest BCUT2D eigenvalue weighted by Crippen LogP contribution is 2.19. The molecule has 0 aliphatic heterocycles. The van der Waals surface area contributed by atoms with Crippen LogP contribution in [-0.2, 0) is 9.47 Å². The first-order valence-electron chi connectivity index (χ1n) is 7.61. The van der Waals surface area contributed by atoms with Gasteiger partial charge in [-0.25, -0.2) is 4.79 Å². The summed E-state index contributed by atoms with van der Waals surface area (Å²) in [5.41, 5.74) is 3.04. The topological polar surface area (TPSA) is 64.6 Å². The number of aryl methyl sites for hydroxylation is 1. The molecule has 2 aromatic carbocycles. The lowest BCUT2D eigenvalue weighted by molar-refractivity contribution is 0.0600. The molecule has 5 nitrogen and oxygen atoms in total. The Balaban J connectivity index is 2.01. The quantitative estimate of drug-likeness (QED) is 0.829. The van der Waals surface area contributed by atoms with E-state index in [9.17, 15) is 9.59 Å². The lowest BCUT2D eigenvalue weighted by Crippen LogP contribution is -2.29. The number of rotatable bonds is 6. The van der Waals surface area contributed by atoms with Crippen LogP contribution < -0.4 is 5.32 Å². The van der Waals surface area contributed by atoms with E-state index in [0.717, 1.165) is 11.1 Å². The van der Waals surface area contributed by atoms with Crippen LogP contribution >= 0.6 is 0 Å². The molecule has 0 saturated carbocycles. The van der Waals surface area contributed by atoms with E-state index in [4.69, 9.17) is 4.74 Å². The molecule has 0 aliphatic rings. The Bertz CT molecular complexity index is 710. The molecule has 0 saturated heterocycles. The maximum absolute atomic E-state index is 12.2. The first-order chi connectivity index (χ1) is 11.6. The Hall–Kier alpha value is -2.66. The molecule has 0 radical (unpaired) electrons. The van der Waals surface area contributed by atoms with Crippen molar-refractivity contribution < 1.29 is 19.1 Å². The van der Waals surface area contributed by atoms with E-state index in [1.165, 1.54) is 7.11 Å². The minimum absolute atomic E-state index is 0.218. The normalized spacial score (nSPS) is 11.6. The van der Waals surface area contributed by atoms with Gasteiger partial charge in [0.1, 0.15) is 0 Å². The van der Waals surface area contributed by atoms with Crippen molar-refractivity contribution in [3.05, 3.63) is 70.8 Å². The summed E-state index contributed by atoms with van der Waals surface area (Å²) in [5.74, 6) is -0.650. The Morgan fingerprint density at radius 3 is 2.21 bits per heavy atom. The number of hydrogen-bond donors (Lipinski definition) is 1. The van der Waals surface area contributed by atoms with Crippen molar-refractivity contribution in [2.45, 2.75) is 13.0 Å². The van der Waals surface area contributed by atoms with Crippen LogP contribution in [0.1, 0.15) is 37.9 Å². The number of amides is 1. The molecule has 0 bridgehead atoms. The fraction of sp³-hybridized carbons (Fsp3) is 0.263. The predicted molar refractivity (Wildman–Crippen MR) is 91.0 cm³/mol. The highest BCUT2D eigenvalue weighted by atomic mass is 16.5. The zero-order chi connectivity index (χ0) is 17.5. The third-order valence-electron chi connectivity index (χ3n) is 3.84. The lowest BCUT2D eigenvalue weighted by atomic mass is 10.0. The largest absolute Gasteiger partial charge is 0.465 e. The molecule has 1 N–H and O–H groups in total. The first-order valence-corrected chi connectivity index (χ1v) is 7.61. The van der Waals surface area contributed by atoms with Crippen LogP contribution in [0.3, 0.4) is 0 Å². The molecule has 0 heterocycles. The zero-order valence-corrected chi connectivity index (χ0v) is 14.0. The van der Waals surface area contributed by atoms with Gasteiger partial charge in [0.15, 0.2) is 0 Å². The second-order valence-corrected chi connectivity index (χ2v) is 5.36. The standard InChI is InChI=1S/C19H21NO4/c1-13-6-4-5-7-16(13)17(23-2)12-20-18(21)14-8-10-15(11-9-14)19(22)24-3/h4-11,17H,12H2,1-3H3,(H,20,21). The first kappa shape index (κ1) is 17.7. The molecule has 1 amide bonds. The molecule has 1 atom stereocenters. The highest BCUT2D eigenvalue weighted by molar-refractivity contribution is 5.96. The highest BCUT2D eigenvalue weighted by Gasteiger charge is 2.15. The molecule has 0 spiro atoms. The number of methoxy groups -OCH3 is 2. The summed E-state index contributed by atoms with van der Waals surface area (Å²) in [5, 5.41) is 2.86. The van der Waals surface area contributed by atoms with Crippen LogP contribution in [0.4, 0.5) is 0 Å². The summed E-state index contributed by atoms with van der Waals surface area (Å²) < 4.78 is 10.1. The van der Waals surface area contributed by atoms with E-state index in [2.05, 4.69) is 10.1 Å². The number of hydrogen-bond acceptors (Lipinski definition) is 4. The molecule has 24 heavy (non-hydrogen) atoms. The van der Waals surface area contributed by atoms with Crippen molar-refractivity contribution in [2.75, 3.05) is 20.8 Å². The van der Waals surface area contributed by atoms with Crippen molar-refractivity contribution in [2.24, 2.45) is 0 Å². The van der Waals surface area contributed by atoms with Crippen LogP contribution in [0, 0.1) is 6.92 Å². The maximum atomic E-state index is 12.2. The van der Waals surface area contributed by atoms with Crippen molar-refractivity contribution in [3.8, 4) is 0 Å². The fourth-order valence-electron chi connectivity index (χ4n) is 2.43. The van der Waals surface area contributed by atoms with Crippen LogP contribution in [0.5, 0.6) is 0 Å². The smallest absolute Gasteiger partial charge is 0.337 e. The Morgan fingerprint density at radius 2 is 1.62 bits per heavy atom. The summed E-state index contributed by atoms with van der Waals surface area (Å²) in [6.45, 7) is 2.37. The van der Waals surface area contributed by atoms with Crippen LogP contribution in [0.25, 0.3) is 0 Å². The minimum atomic E-state index is -0.430. The third kappa shape index (κ3) is 4.20. The van der Waals surface area contributed by atoms with E-state index >= 15 is 0 Å². The van der Waals surface area contributed by atoms with Gasteiger partial charge in [-0.05, 0) is 42.3 Å². The minimum Gasteiger partial charge on any atom is -0.465 e. The van der Waals surface area contributed by atoms with Gasteiger partial charge in [0.2, 0.25) is 0 Å². The molecule has 2 aromatic rings. The number of ether oxygens (including phenoxy) is 2. The van der Waals surface area contributed by atoms with Crippen molar-refractivity contribution in [3.63, 3.8) is 0 Å². The molecular formula is C19H21NO4. The number of nitrogens with one attached hydrogen (secondary N) is 1. The van der Waals surface area contributed by atoms with E-state index in [1.807, 2.05) is 31.2 Å². The third-order valence-corrected chi connectivity index (χ3v) is 3.84. The molecule has 0 aliphatic carbocycles. The summed E-state index contributed by atoms with van der Waals surface area (Å²) in [6, 6.07) is 14.2. The predicted octanol–water partition coefficient (Wildman–Crippen LogP) is 2.90. The number of benzene rings is 2. The van der Waals surface area contributed by atoms with Gasteiger partial charge < -0.3 is 14.8 Å². The van der Waals surface area contributed by atoms with E-state index in [-0.39, 0.29) is 12.0 Å². The number of carbonyl (C=O) groups excluding carboxylic acids is 2. The Morgan fingerprint density at radius 1 is 1.00 bits per heavy atom. The summed E-state index contributed by atoms with van der Waals surface area (Å²) in [4.78, 5) is 23.6. The molecule has 1 unspecified atom stereocenters. The van der Waals surface area contributed by atoms with Crippen molar-refractivity contribution in [1.82, 2.24) is 5.32 Å². The molecule has 0 aromatic heterocycles. The maximum Gasteiger partial charge on any atom is 0.337 e. The molecule has 0 fully saturated rings. The second kappa shape index (κ2) is 8.26. The summed E-state index contributed by atoms with van der Waals surface area (Å²) in [6.07, 6.45) is -0.218. The molecule has 2 rings (SSSR count). The Kier molecular flexibility index (Phi) is 6.09. The average molecular weight is 327 g/mol. The number of carbonyl (C=O) groups is 2. The van der Waals surface area contributed by atoms with Gasteiger partial charge in [0.25, 0.3) is 5.91 Å². The zero-order valence-electron chi connectivity index (χ0n) is 14.0. The average Bonchev–Trinajstić information content (AvgIpc) is 2.62. The summed E-state index contributed by atoms with van der Waals surface area (Å²) >= 11 is 0. The van der Waals surface area contributed by atoms with Crippen LogP contribution in [0.2, 0.25) is 0 Å². The van der Waals surface area contributed by atoms with Gasteiger partial charge in [-0.1, -0.05) is 24.3 Å². The van der Waals surface area contributed by atoms with Gasteiger partial charge in [-0.2, -0.15) is 0 Å². The van der Waals surface area contributed by atoms with Crippen LogP contribution in [0.15, 0.2) is 48.5 Å². The Labute approximate surface area is 141 Å². The van der Waals surface area contributed by atoms with E-state index in [1.54, 1.807) is 31.4 Å². The van der Waals surface area contributed by atoms with Gasteiger partial charge in [-0.15, -0.1) is 0 Å². The monoisotopic (exact) mass is 327 g/mol. The van der Waals surface area contributed by atoms with Crippen molar-refractivity contribution in [1.29, 1.82) is 0 Å². The summed E-state index contributed by atoms with van der Waals surface area (Å²) in [7, 11) is 2.94. The van der Waals surface area contributed by atoms with Gasteiger partial charge in [-0.3, -0.25) is 4.79 Å². The van der Waals surface area contributed by atoms with Crippen molar-refractivity contribution >= 4 is 11.9 Å². The van der Waals surface area contributed by atoms with Gasteiger partial charge in [0.05, 0.1) is 18.8 Å². The van der Waals surface area contributed by atoms with Gasteiger partial charge in [0, 0.05) is 19.2 Å². The molecular weight excluding hydrogens is 306 g/mol. The molecule has 5 heteroatoms. The fourth-order valence-corrected chi connectivity index (χ4v) is 2.43. The van der Waals surface area contributed by atoms with E-state index < -0.39 is 5.97 Å². The lowest BCUT2D eigenvalue weighted by Gasteiger charge is -2.18. The SMILES string of the molecule is COC(=O)c1ccc(C(=O)NCC(OC)c2ccccc2C)cc1. The van der Waals surface area contributed by atoms with Gasteiger partial charge >= 0.3 is 5.97 Å². The van der Waals surface area contributed by atoms with Crippen LogP contribution in [-0.4, -0.2) is 32.6 Å². The van der Waals surface area contributed by atoms with E-state index in [0.29, 0.717) is 17.7 Å².